The molecule has 2 rings (SSSR count). The summed E-state index contributed by atoms with van der Waals surface area (Å²) in [7, 11) is 0. The van der Waals surface area contributed by atoms with Crippen molar-refractivity contribution in [2.45, 2.75) is 51.5 Å². The van der Waals surface area contributed by atoms with Crippen LogP contribution in [0.1, 0.15) is 46.0 Å². The van der Waals surface area contributed by atoms with Gasteiger partial charge in [0.1, 0.15) is 5.54 Å². The van der Waals surface area contributed by atoms with E-state index in [0.29, 0.717) is 6.61 Å². The Morgan fingerprint density at radius 3 is 2.43 bits per heavy atom. The number of rotatable bonds is 5. The Labute approximate surface area is 135 Å². The molecule has 0 bridgehead atoms. The van der Waals surface area contributed by atoms with Crippen molar-refractivity contribution in [1.29, 1.82) is 0 Å². The van der Waals surface area contributed by atoms with Crippen molar-refractivity contribution >= 4 is 27.6 Å². The molecule has 1 aliphatic rings. The standard InChI is InChI=1S/C17H24BrNO2/c1-3-13-9-11-17(12-10-13,16(20)21-4-2)19-15-7-5-14(18)6-8-15/h5-8,13,19H,3-4,9-12H2,1-2H3. The maximum Gasteiger partial charge on any atom is 0.331 e. The van der Waals surface area contributed by atoms with Gasteiger partial charge in [0.25, 0.3) is 0 Å². The van der Waals surface area contributed by atoms with E-state index in [1.807, 2.05) is 31.2 Å². The molecule has 3 nitrogen and oxygen atoms in total. The predicted molar refractivity (Wildman–Crippen MR) is 89.4 cm³/mol. The molecule has 0 aromatic heterocycles. The van der Waals surface area contributed by atoms with Gasteiger partial charge in [-0.15, -0.1) is 0 Å². The van der Waals surface area contributed by atoms with Gasteiger partial charge in [-0.1, -0.05) is 29.3 Å². The van der Waals surface area contributed by atoms with Gasteiger partial charge >= 0.3 is 5.97 Å². The van der Waals surface area contributed by atoms with Crippen molar-refractivity contribution in [2.75, 3.05) is 11.9 Å². The zero-order chi connectivity index (χ0) is 15.3. The topological polar surface area (TPSA) is 38.3 Å². The van der Waals surface area contributed by atoms with Gasteiger partial charge in [0, 0.05) is 10.2 Å². The fraction of sp³-hybridized carbons (Fsp3) is 0.588. The average molecular weight is 354 g/mol. The zero-order valence-corrected chi connectivity index (χ0v) is 14.4. The second-order valence-corrected chi connectivity index (χ2v) is 6.70. The van der Waals surface area contributed by atoms with Crippen molar-refractivity contribution in [3.8, 4) is 0 Å². The molecule has 1 saturated carbocycles. The average Bonchev–Trinajstić information content (AvgIpc) is 2.50. The van der Waals surface area contributed by atoms with Gasteiger partial charge in [-0.05, 0) is 62.8 Å². The lowest BCUT2D eigenvalue weighted by molar-refractivity contribution is -0.150. The molecular weight excluding hydrogens is 330 g/mol. The lowest BCUT2D eigenvalue weighted by Crippen LogP contribution is -2.50. The zero-order valence-electron chi connectivity index (χ0n) is 12.8. The summed E-state index contributed by atoms with van der Waals surface area (Å²) in [6, 6.07) is 7.96. The highest BCUT2D eigenvalue weighted by atomic mass is 79.9. The molecule has 0 saturated heterocycles. The predicted octanol–water partition coefficient (Wildman–Crippen LogP) is 4.76. The van der Waals surface area contributed by atoms with Gasteiger partial charge in [-0.25, -0.2) is 4.79 Å². The van der Waals surface area contributed by atoms with Crippen LogP contribution in [0.3, 0.4) is 0 Å². The first-order chi connectivity index (χ1) is 10.1. The largest absolute Gasteiger partial charge is 0.464 e. The van der Waals surface area contributed by atoms with Crippen LogP contribution in [0, 0.1) is 5.92 Å². The summed E-state index contributed by atoms with van der Waals surface area (Å²) >= 11 is 3.44. The Morgan fingerprint density at radius 2 is 1.90 bits per heavy atom. The fourth-order valence-electron chi connectivity index (χ4n) is 3.04. The Hall–Kier alpha value is -1.03. The number of carbonyl (C=O) groups excluding carboxylic acids is 1. The minimum absolute atomic E-state index is 0.109. The minimum atomic E-state index is -0.560. The van der Waals surface area contributed by atoms with E-state index in [1.54, 1.807) is 0 Å². The molecule has 0 heterocycles. The van der Waals surface area contributed by atoms with E-state index in [1.165, 1.54) is 6.42 Å². The van der Waals surface area contributed by atoms with E-state index in [9.17, 15) is 4.79 Å². The van der Waals surface area contributed by atoms with Crippen molar-refractivity contribution in [3.63, 3.8) is 0 Å². The van der Waals surface area contributed by atoms with E-state index in [4.69, 9.17) is 4.74 Å². The number of ether oxygens (including phenoxy) is 1. The van der Waals surface area contributed by atoms with Gasteiger partial charge in [0.05, 0.1) is 6.61 Å². The van der Waals surface area contributed by atoms with Gasteiger partial charge in [0.2, 0.25) is 0 Å². The molecule has 1 aromatic carbocycles. The Kier molecular flexibility index (Phi) is 5.68. The van der Waals surface area contributed by atoms with Crippen molar-refractivity contribution < 1.29 is 9.53 Å². The van der Waals surface area contributed by atoms with Gasteiger partial charge < -0.3 is 10.1 Å². The molecule has 4 heteroatoms. The molecule has 1 N–H and O–H groups in total. The van der Waals surface area contributed by atoms with Crippen molar-refractivity contribution in [1.82, 2.24) is 0 Å². The smallest absolute Gasteiger partial charge is 0.331 e. The van der Waals surface area contributed by atoms with Gasteiger partial charge in [-0.3, -0.25) is 0 Å². The second kappa shape index (κ2) is 7.30. The Bertz CT molecular complexity index is 464. The maximum atomic E-state index is 12.5. The number of anilines is 1. The first kappa shape index (κ1) is 16.3. The number of hydrogen-bond acceptors (Lipinski definition) is 3. The summed E-state index contributed by atoms with van der Waals surface area (Å²) in [5, 5.41) is 3.46. The number of hydrogen-bond donors (Lipinski definition) is 1. The van der Waals surface area contributed by atoms with Crippen LogP contribution in [0.15, 0.2) is 28.7 Å². The molecule has 0 aliphatic heterocycles. The normalized spacial score (nSPS) is 25.4. The summed E-state index contributed by atoms with van der Waals surface area (Å²) in [5.41, 5.74) is 0.413. The van der Waals surface area contributed by atoms with Crippen LogP contribution in [-0.4, -0.2) is 18.1 Å². The molecule has 21 heavy (non-hydrogen) atoms. The van der Waals surface area contributed by atoms with Crippen LogP contribution >= 0.6 is 15.9 Å². The molecule has 1 aromatic rings. The summed E-state index contributed by atoms with van der Waals surface area (Å²) in [6.07, 6.45) is 5.05. The molecule has 0 atom stereocenters. The van der Waals surface area contributed by atoms with Crippen LogP contribution in [0.4, 0.5) is 5.69 Å². The van der Waals surface area contributed by atoms with Crippen molar-refractivity contribution in [2.24, 2.45) is 5.92 Å². The molecule has 1 aliphatic carbocycles. The number of esters is 1. The number of nitrogens with one attached hydrogen (secondary N) is 1. The lowest BCUT2D eigenvalue weighted by atomic mass is 9.75. The third kappa shape index (κ3) is 4.00. The Balaban J connectivity index is 2.16. The fourth-order valence-corrected chi connectivity index (χ4v) is 3.30. The van der Waals surface area contributed by atoms with Gasteiger partial charge in [0.15, 0.2) is 0 Å². The highest BCUT2D eigenvalue weighted by molar-refractivity contribution is 9.10. The molecule has 0 spiro atoms. The van der Waals surface area contributed by atoms with E-state index in [0.717, 1.165) is 41.8 Å². The first-order valence-corrected chi connectivity index (χ1v) is 8.60. The van der Waals surface area contributed by atoms with E-state index >= 15 is 0 Å². The highest BCUT2D eigenvalue weighted by Crippen LogP contribution is 2.37. The molecule has 0 radical (unpaired) electrons. The van der Waals surface area contributed by atoms with Crippen LogP contribution in [0.25, 0.3) is 0 Å². The molecular formula is C17H24BrNO2. The monoisotopic (exact) mass is 353 g/mol. The van der Waals surface area contributed by atoms with Crippen molar-refractivity contribution in [3.05, 3.63) is 28.7 Å². The van der Waals surface area contributed by atoms with Gasteiger partial charge in [-0.2, -0.15) is 0 Å². The molecule has 0 unspecified atom stereocenters. The first-order valence-electron chi connectivity index (χ1n) is 7.80. The van der Waals surface area contributed by atoms with Crippen LogP contribution < -0.4 is 5.32 Å². The maximum absolute atomic E-state index is 12.5. The molecule has 1 fully saturated rings. The Morgan fingerprint density at radius 1 is 1.29 bits per heavy atom. The number of halogens is 1. The summed E-state index contributed by atoms with van der Waals surface area (Å²) < 4.78 is 6.37. The summed E-state index contributed by atoms with van der Waals surface area (Å²) in [6.45, 7) is 4.52. The molecule has 116 valence electrons. The lowest BCUT2D eigenvalue weighted by Gasteiger charge is -2.39. The quantitative estimate of drug-likeness (QED) is 0.775. The van der Waals surface area contributed by atoms with E-state index < -0.39 is 5.54 Å². The number of carbonyl (C=O) groups is 1. The SMILES string of the molecule is CCOC(=O)C1(Nc2ccc(Br)cc2)CCC(CC)CC1. The molecule has 0 amide bonds. The third-order valence-corrected chi connectivity index (χ3v) is 4.96. The summed E-state index contributed by atoms with van der Waals surface area (Å²) in [5.74, 6) is 0.627. The summed E-state index contributed by atoms with van der Waals surface area (Å²) in [4.78, 5) is 12.5. The van der Waals surface area contributed by atoms with E-state index in [-0.39, 0.29) is 5.97 Å². The second-order valence-electron chi connectivity index (χ2n) is 5.79. The third-order valence-electron chi connectivity index (χ3n) is 4.43. The highest BCUT2D eigenvalue weighted by Gasteiger charge is 2.42. The van der Waals surface area contributed by atoms with Crippen LogP contribution in [-0.2, 0) is 9.53 Å². The number of benzene rings is 1. The van der Waals surface area contributed by atoms with Crippen LogP contribution in [0.2, 0.25) is 0 Å². The van der Waals surface area contributed by atoms with Crippen LogP contribution in [0.5, 0.6) is 0 Å². The van der Waals surface area contributed by atoms with E-state index in [2.05, 4.69) is 28.2 Å². The minimum Gasteiger partial charge on any atom is -0.464 e.